The van der Waals surface area contributed by atoms with Gasteiger partial charge in [-0.05, 0) is 30.5 Å². The van der Waals surface area contributed by atoms with Crippen molar-refractivity contribution in [3.8, 4) is 5.69 Å². The number of hydrogen-bond donors (Lipinski definition) is 2. The molecule has 0 saturated carbocycles. The fourth-order valence-electron chi connectivity index (χ4n) is 3.13. The molecule has 1 heterocycles. The van der Waals surface area contributed by atoms with Crippen molar-refractivity contribution in [2.75, 3.05) is 0 Å². The summed E-state index contributed by atoms with van der Waals surface area (Å²) in [6, 6.07) is 1.32. The van der Waals surface area contributed by atoms with E-state index in [1.54, 1.807) is 6.92 Å². The maximum absolute atomic E-state index is 12.9. The monoisotopic (exact) mass is 511 g/mol. The van der Waals surface area contributed by atoms with Gasteiger partial charge in [-0.1, -0.05) is 67.7 Å². The number of amides is 1. The topological polar surface area (TPSA) is 49.8 Å². The third kappa shape index (κ3) is 11.7. The Morgan fingerprint density at radius 2 is 1.40 bits per heavy atom. The molecule has 0 radical (unpaired) electrons. The maximum atomic E-state index is 12.9. The molecule has 202 valence electrons. The zero-order valence-electron chi connectivity index (χ0n) is 21.6. The molecule has 35 heavy (non-hydrogen) atoms. The van der Waals surface area contributed by atoms with E-state index in [9.17, 15) is 31.1 Å². The van der Waals surface area contributed by atoms with Crippen molar-refractivity contribution in [3.63, 3.8) is 0 Å². The molecule has 1 aromatic carbocycles. The molecule has 0 aliphatic carbocycles. The number of hydrogen-bond acceptors (Lipinski definition) is 1. The molecule has 1 aromatic heterocycles. The number of carbonyl (C=O) groups excluding carboxylic acids is 1. The number of benzene rings is 1. The average molecular weight is 512 g/mol. The lowest BCUT2D eigenvalue weighted by Crippen LogP contribution is -2.31. The summed E-state index contributed by atoms with van der Waals surface area (Å²) in [5.74, 6) is -0.0242. The second-order valence-electron chi connectivity index (χ2n) is 8.50. The van der Waals surface area contributed by atoms with E-state index < -0.39 is 23.5 Å². The molecule has 4 nitrogen and oxygen atoms in total. The Balaban J connectivity index is 0.00000146. The van der Waals surface area contributed by atoms with Gasteiger partial charge in [0.25, 0.3) is 0 Å². The first-order chi connectivity index (χ1) is 16.2. The summed E-state index contributed by atoms with van der Waals surface area (Å²) in [4.78, 5) is 12.0. The lowest BCUT2D eigenvalue weighted by atomic mass is 9.98. The van der Waals surface area contributed by atoms with Gasteiger partial charge in [0.15, 0.2) is 0 Å². The normalized spacial score (nSPS) is 12.4. The first kappa shape index (κ1) is 32.6. The fourth-order valence-corrected chi connectivity index (χ4v) is 3.13. The molecule has 0 aliphatic heterocycles. The summed E-state index contributed by atoms with van der Waals surface area (Å²) in [5, 5.41) is 5.31. The van der Waals surface area contributed by atoms with E-state index in [0.29, 0.717) is 30.2 Å². The van der Waals surface area contributed by atoms with E-state index in [0.717, 1.165) is 4.68 Å². The number of H-pyrrole nitrogens is 1. The standard InChI is InChI=1S/C18H21F6N3O.C5H12.C2H6/c1-10(2)4-11(3)16(28)25-8-14-9-27(26-14)15-6-12(17(19,20)21)5-13(7-15)18(22,23)24;1-3-5-4-2;1-2/h5-7,9-11,26H,4,8H2,1-3H3,(H,25,28);3-5H2,1-2H3;1-2H3. The molecule has 2 N–H and O–H groups in total. The lowest BCUT2D eigenvalue weighted by molar-refractivity contribution is -0.143. The molecular weight excluding hydrogens is 472 g/mol. The van der Waals surface area contributed by atoms with Crippen LogP contribution in [0, 0.1) is 11.8 Å². The highest BCUT2D eigenvalue weighted by Crippen LogP contribution is 2.37. The third-order valence-electron chi connectivity index (χ3n) is 4.83. The Labute approximate surface area is 204 Å². The van der Waals surface area contributed by atoms with Crippen molar-refractivity contribution < 1.29 is 31.1 Å². The van der Waals surface area contributed by atoms with Crippen LogP contribution in [0.25, 0.3) is 5.69 Å². The molecule has 0 bridgehead atoms. The molecule has 0 fully saturated rings. The van der Waals surface area contributed by atoms with Crippen LogP contribution in [0.2, 0.25) is 0 Å². The van der Waals surface area contributed by atoms with Gasteiger partial charge in [0.1, 0.15) is 0 Å². The largest absolute Gasteiger partial charge is 0.416 e. The van der Waals surface area contributed by atoms with Crippen LogP contribution in [0.3, 0.4) is 0 Å². The van der Waals surface area contributed by atoms with Crippen molar-refractivity contribution >= 4 is 5.91 Å². The fraction of sp³-hybridized carbons (Fsp3) is 0.640. The number of aromatic amines is 1. The van der Waals surface area contributed by atoms with Crippen molar-refractivity contribution in [1.29, 1.82) is 0 Å². The van der Waals surface area contributed by atoms with Gasteiger partial charge >= 0.3 is 12.4 Å². The highest BCUT2D eigenvalue weighted by molar-refractivity contribution is 5.78. The van der Waals surface area contributed by atoms with Gasteiger partial charge in [0.05, 0.1) is 29.1 Å². The van der Waals surface area contributed by atoms with E-state index in [1.165, 1.54) is 25.5 Å². The van der Waals surface area contributed by atoms with Crippen LogP contribution < -0.4 is 5.32 Å². The maximum Gasteiger partial charge on any atom is 0.416 e. The van der Waals surface area contributed by atoms with Crippen LogP contribution in [0.1, 0.15) is 91.0 Å². The highest BCUT2D eigenvalue weighted by Gasteiger charge is 2.37. The first-order valence-corrected chi connectivity index (χ1v) is 12.0. The molecule has 1 atom stereocenters. The van der Waals surface area contributed by atoms with Crippen LogP contribution in [0.5, 0.6) is 0 Å². The Morgan fingerprint density at radius 3 is 1.74 bits per heavy atom. The third-order valence-corrected chi connectivity index (χ3v) is 4.83. The number of aromatic nitrogens is 2. The number of alkyl halides is 6. The first-order valence-electron chi connectivity index (χ1n) is 12.0. The molecule has 0 spiro atoms. The van der Waals surface area contributed by atoms with Crippen molar-refractivity contribution in [3.05, 3.63) is 41.2 Å². The van der Waals surface area contributed by atoms with E-state index >= 15 is 0 Å². The van der Waals surface area contributed by atoms with Crippen molar-refractivity contribution in [2.45, 2.75) is 93.0 Å². The highest BCUT2D eigenvalue weighted by atomic mass is 19.4. The number of unbranched alkanes of at least 4 members (excludes halogenated alkanes) is 2. The van der Waals surface area contributed by atoms with Gasteiger partial charge < -0.3 is 5.32 Å². The van der Waals surface area contributed by atoms with E-state index in [4.69, 9.17) is 0 Å². The van der Waals surface area contributed by atoms with Crippen molar-refractivity contribution in [1.82, 2.24) is 15.1 Å². The van der Waals surface area contributed by atoms with E-state index in [2.05, 4.69) is 24.3 Å². The van der Waals surface area contributed by atoms with Crippen LogP contribution >= 0.6 is 0 Å². The number of nitrogens with zero attached hydrogens (tertiary/aromatic N) is 1. The van der Waals surface area contributed by atoms with E-state index in [1.807, 2.05) is 27.7 Å². The van der Waals surface area contributed by atoms with Gasteiger partial charge in [0.2, 0.25) is 5.91 Å². The number of halogens is 6. The summed E-state index contributed by atoms with van der Waals surface area (Å²) in [7, 11) is 0. The minimum atomic E-state index is -4.91. The summed E-state index contributed by atoms with van der Waals surface area (Å²) in [5.41, 5.74) is -2.62. The van der Waals surface area contributed by atoms with Crippen LogP contribution in [-0.2, 0) is 23.7 Å². The Kier molecular flexibility index (Phi) is 13.9. The van der Waals surface area contributed by atoms with Gasteiger partial charge in [-0.15, -0.1) is 0 Å². The quantitative estimate of drug-likeness (QED) is 0.344. The summed E-state index contributed by atoms with van der Waals surface area (Å²) < 4.78 is 78.5. The molecule has 1 amide bonds. The molecule has 1 unspecified atom stereocenters. The van der Waals surface area contributed by atoms with Gasteiger partial charge in [-0.3, -0.25) is 14.6 Å². The SMILES string of the molecule is CC.CC(C)CC(C)C(=O)NCc1cn(-c2cc(C(F)(F)F)cc(C(F)(F)F)c2)[nH]1.CCCCC. The average Bonchev–Trinajstić information content (AvgIpc) is 2.73. The summed E-state index contributed by atoms with van der Waals surface area (Å²) in [6.45, 7) is 14.3. The van der Waals surface area contributed by atoms with E-state index in [-0.39, 0.29) is 30.1 Å². The van der Waals surface area contributed by atoms with Crippen LogP contribution in [-0.4, -0.2) is 15.7 Å². The molecule has 0 saturated heterocycles. The minimum absolute atomic E-state index is 0.0737. The molecule has 10 heteroatoms. The zero-order valence-corrected chi connectivity index (χ0v) is 21.6. The molecular formula is C25H39F6N3O. The second kappa shape index (κ2) is 14.9. The second-order valence-corrected chi connectivity index (χ2v) is 8.50. The zero-order chi connectivity index (χ0) is 27.4. The van der Waals surface area contributed by atoms with Crippen LogP contribution in [0.4, 0.5) is 26.3 Å². The molecule has 0 aliphatic rings. The van der Waals surface area contributed by atoms with Gasteiger partial charge in [-0.2, -0.15) is 26.3 Å². The number of carbonyl (C=O) groups is 1. The van der Waals surface area contributed by atoms with Gasteiger partial charge in [0, 0.05) is 12.1 Å². The molecule has 2 aromatic rings. The Hall–Kier alpha value is -2.39. The van der Waals surface area contributed by atoms with Crippen molar-refractivity contribution in [2.24, 2.45) is 11.8 Å². The number of rotatable bonds is 8. The minimum Gasteiger partial charge on any atom is -0.350 e. The number of nitrogens with one attached hydrogen (secondary N) is 2. The lowest BCUT2D eigenvalue weighted by Gasteiger charge is -2.20. The van der Waals surface area contributed by atoms with Crippen LogP contribution in [0.15, 0.2) is 24.4 Å². The Morgan fingerprint density at radius 1 is 0.943 bits per heavy atom. The summed E-state index contributed by atoms with van der Waals surface area (Å²) in [6.07, 6.45) is -3.70. The smallest absolute Gasteiger partial charge is 0.350 e. The predicted octanol–water partition coefficient (Wildman–Crippen LogP) is 8.36. The van der Waals surface area contributed by atoms with Gasteiger partial charge in [-0.25, -0.2) is 0 Å². The Bertz CT molecular complexity index is 819. The molecule has 2 rings (SSSR count). The predicted molar refractivity (Wildman–Crippen MR) is 127 cm³/mol. The summed E-state index contributed by atoms with van der Waals surface area (Å²) >= 11 is 0.